The van der Waals surface area contributed by atoms with Crippen LogP contribution in [0.2, 0.25) is 0 Å². The van der Waals surface area contributed by atoms with Crippen LogP contribution >= 0.6 is 0 Å². The number of benzene rings is 1. The van der Waals surface area contributed by atoms with E-state index in [1.54, 1.807) is 6.07 Å². The predicted molar refractivity (Wildman–Crippen MR) is 74.5 cm³/mol. The van der Waals surface area contributed by atoms with E-state index >= 15 is 0 Å². The number of rotatable bonds is 5. The summed E-state index contributed by atoms with van der Waals surface area (Å²) in [7, 11) is -3.50. The second-order valence-electron chi connectivity index (χ2n) is 5.19. The number of aliphatic hydroxyl groups excluding tert-OH is 1. The lowest BCUT2D eigenvalue weighted by atomic mass is 9.93. The standard InChI is InChI=1S/C14H21NO3S/c1-11-6-7-14(12(2)10-11)19(17,18)15(8-9-16)13-4-3-5-13/h6-7,10,13,16H,3-5,8-9H2,1-2H3. The molecular weight excluding hydrogens is 262 g/mol. The molecule has 0 bridgehead atoms. The summed E-state index contributed by atoms with van der Waals surface area (Å²) in [6, 6.07) is 5.42. The number of hydrogen-bond donors (Lipinski definition) is 1. The van der Waals surface area contributed by atoms with E-state index in [1.165, 1.54) is 4.31 Å². The summed E-state index contributed by atoms with van der Waals surface area (Å²) in [4.78, 5) is 0.360. The Morgan fingerprint density at radius 3 is 2.47 bits per heavy atom. The molecular formula is C14H21NO3S. The van der Waals surface area contributed by atoms with Gasteiger partial charge in [-0.05, 0) is 38.3 Å². The molecule has 1 aliphatic rings. The van der Waals surface area contributed by atoms with E-state index in [-0.39, 0.29) is 19.2 Å². The molecule has 0 amide bonds. The van der Waals surface area contributed by atoms with Crippen LogP contribution in [0.3, 0.4) is 0 Å². The number of aryl methyl sites for hydroxylation is 2. The highest BCUT2D eigenvalue weighted by Crippen LogP contribution is 2.30. The average molecular weight is 283 g/mol. The highest BCUT2D eigenvalue weighted by molar-refractivity contribution is 7.89. The first-order valence-electron chi connectivity index (χ1n) is 6.67. The van der Waals surface area contributed by atoms with Crippen LogP contribution in [-0.4, -0.2) is 37.0 Å². The third-order valence-electron chi connectivity index (χ3n) is 3.72. The first kappa shape index (κ1) is 14.5. The van der Waals surface area contributed by atoms with Gasteiger partial charge in [0.25, 0.3) is 0 Å². The Morgan fingerprint density at radius 1 is 1.32 bits per heavy atom. The van der Waals surface area contributed by atoms with Crippen molar-refractivity contribution < 1.29 is 13.5 Å². The smallest absolute Gasteiger partial charge is 0.243 e. The van der Waals surface area contributed by atoms with Gasteiger partial charge in [-0.3, -0.25) is 0 Å². The molecule has 2 rings (SSSR count). The molecule has 0 heterocycles. The lowest BCUT2D eigenvalue weighted by Gasteiger charge is -2.36. The zero-order valence-electron chi connectivity index (χ0n) is 11.5. The third kappa shape index (κ3) is 2.83. The Labute approximate surface area is 115 Å². The van der Waals surface area contributed by atoms with Crippen LogP contribution in [0.15, 0.2) is 23.1 Å². The van der Waals surface area contributed by atoms with E-state index < -0.39 is 10.0 Å². The lowest BCUT2D eigenvalue weighted by molar-refractivity contribution is 0.178. The SMILES string of the molecule is Cc1ccc(S(=O)(=O)N(CCO)C2CCC2)c(C)c1. The van der Waals surface area contributed by atoms with Gasteiger partial charge in [-0.15, -0.1) is 0 Å². The van der Waals surface area contributed by atoms with Crippen molar-refractivity contribution in [3.63, 3.8) is 0 Å². The van der Waals surface area contributed by atoms with Gasteiger partial charge in [0.1, 0.15) is 0 Å². The van der Waals surface area contributed by atoms with Crippen molar-refractivity contribution in [1.82, 2.24) is 4.31 Å². The fraction of sp³-hybridized carbons (Fsp3) is 0.571. The highest BCUT2D eigenvalue weighted by atomic mass is 32.2. The zero-order chi connectivity index (χ0) is 14.0. The minimum absolute atomic E-state index is 0.0536. The number of aliphatic hydroxyl groups is 1. The third-order valence-corrected chi connectivity index (χ3v) is 5.83. The van der Waals surface area contributed by atoms with Crippen molar-refractivity contribution in [3.8, 4) is 0 Å². The fourth-order valence-electron chi connectivity index (χ4n) is 2.49. The highest BCUT2D eigenvalue weighted by Gasteiger charge is 2.35. The van der Waals surface area contributed by atoms with Crippen molar-refractivity contribution >= 4 is 10.0 Å². The monoisotopic (exact) mass is 283 g/mol. The molecule has 0 unspecified atom stereocenters. The molecule has 1 aromatic rings. The molecule has 0 spiro atoms. The molecule has 0 aromatic heterocycles. The molecule has 106 valence electrons. The number of sulfonamides is 1. The van der Waals surface area contributed by atoms with Crippen LogP contribution < -0.4 is 0 Å². The maximum absolute atomic E-state index is 12.7. The molecule has 5 heteroatoms. The van der Waals surface area contributed by atoms with Gasteiger partial charge in [0, 0.05) is 12.6 Å². The Bertz CT molecular complexity index is 550. The zero-order valence-corrected chi connectivity index (χ0v) is 12.3. The van der Waals surface area contributed by atoms with E-state index in [0.717, 1.165) is 30.4 Å². The van der Waals surface area contributed by atoms with Crippen LogP contribution in [0, 0.1) is 13.8 Å². The van der Waals surface area contributed by atoms with Crippen molar-refractivity contribution in [2.45, 2.75) is 44.0 Å². The predicted octanol–water partition coefficient (Wildman–Crippen LogP) is 1.84. The molecule has 0 aliphatic heterocycles. The molecule has 0 saturated heterocycles. The molecule has 0 radical (unpaired) electrons. The van der Waals surface area contributed by atoms with Crippen LogP contribution in [-0.2, 0) is 10.0 Å². The first-order chi connectivity index (χ1) is 8.96. The van der Waals surface area contributed by atoms with Crippen LogP contribution in [0.25, 0.3) is 0 Å². The number of nitrogens with zero attached hydrogens (tertiary/aromatic N) is 1. The van der Waals surface area contributed by atoms with Gasteiger partial charge in [-0.1, -0.05) is 24.1 Å². The van der Waals surface area contributed by atoms with E-state index in [4.69, 9.17) is 5.11 Å². The van der Waals surface area contributed by atoms with Gasteiger partial charge < -0.3 is 5.11 Å². The van der Waals surface area contributed by atoms with Gasteiger partial charge in [-0.2, -0.15) is 4.31 Å². The van der Waals surface area contributed by atoms with Gasteiger partial charge in [0.2, 0.25) is 10.0 Å². The lowest BCUT2D eigenvalue weighted by Crippen LogP contribution is -2.45. The fourth-order valence-corrected chi connectivity index (χ4v) is 4.37. The molecule has 1 N–H and O–H groups in total. The second kappa shape index (κ2) is 5.61. The van der Waals surface area contributed by atoms with Crippen LogP contribution in [0.5, 0.6) is 0 Å². The largest absolute Gasteiger partial charge is 0.395 e. The molecule has 4 nitrogen and oxygen atoms in total. The quantitative estimate of drug-likeness (QED) is 0.897. The van der Waals surface area contributed by atoms with Crippen LogP contribution in [0.4, 0.5) is 0 Å². The van der Waals surface area contributed by atoms with Gasteiger partial charge in [-0.25, -0.2) is 8.42 Å². The first-order valence-corrected chi connectivity index (χ1v) is 8.11. The summed E-state index contributed by atoms with van der Waals surface area (Å²) < 4.78 is 26.9. The topological polar surface area (TPSA) is 57.6 Å². The van der Waals surface area contributed by atoms with E-state index in [9.17, 15) is 8.42 Å². The molecule has 19 heavy (non-hydrogen) atoms. The van der Waals surface area contributed by atoms with Gasteiger partial charge in [0.15, 0.2) is 0 Å². The Kier molecular flexibility index (Phi) is 4.28. The van der Waals surface area contributed by atoms with Gasteiger partial charge in [0.05, 0.1) is 11.5 Å². The van der Waals surface area contributed by atoms with Gasteiger partial charge >= 0.3 is 0 Å². The summed E-state index contributed by atoms with van der Waals surface area (Å²) in [5.74, 6) is 0. The summed E-state index contributed by atoms with van der Waals surface area (Å²) in [5, 5.41) is 9.12. The second-order valence-corrected chi connectivity index (χ2v) is 7.05. The number of hydrogen-bond acceptors (Lipinski definition) is 3. The Hall–Kier alpha value is -0.910. The summed E-state index contributed by atoms with van der Waals surface area (Å²) >= 11 is 0. The summed E-state index contributed by atoms with van der Waals surface area (Å²) in [5.41, 5.74) is 1.82. The maximum atomic E-state index is 12.7. The molecule has 1 aliphatic carbocycles. The summed E-state index contributed by atoms with van der Waals surface area (Å²) in [6.07, 6.45) is 2.85. The Morgan fingerprint density at radius 2 is 2.00 bits per heavy atom. The van der Waals surface area contributed by atoms with Crippen molar-refractivity contribution in [2.75, 3.05) is 13.2 Å². The van der Waals surface area contributed by atoms with E-state index in [0.29, 0.717) is 4.90 Å². The molecule has 0 atom stereocenters. The van der Waals surface area contributed by atoms with Crippen molar-refractivity contribution in [3.05, 3.63) is 29.3 Å². The van der Waals surface area contributed by atoms with E-state index in [2.05, 4.69) is 0 Å². The molecule has 1 fully saturated rings. The molecule has 1 aromatic carbocycles. The Balaban J connectivity index is 2.38. The maximum Gasteiger partial charge on any atom is 0.243 e. The minimum atomic E-state index is -3.50. The van der Waals surface area contributed by atoms with E-state index in [1.807, 2.05) is 26.0 Å². The van der Waals surface area contributed by atoms with Crippen molar-refractivity contribution in [1.29, 1.82) is 0 Å². The minimum Gasteiger partial charge on any atom is -0.395 e. The average Bonchev–Trinajstić information content (AvgIpc) is 2.25. The molecule has 1 saturated carbocycles. The normalized spacial score (nSPS) is 16.6. The van der Waals surface area contributed by atoms with Crippen molar-refractivity contribution in [2.24, 2.45) is 0 Å². The van der Waals surface area contributed by atoms with Crippen LogP contribution in [0.1, 0.15) is 30.4 Å². The summed E-state index contributed by atoms with van der Waals surface area (Å²) in [6.45, 7) is 3.81.